The van der Waals surface area contributed by atoms with Crippen LogP contribution in [0.2, 0.25) is 0 Å². The molecule has 0 aliphatic rings. The van der Waals surface area contributed by atoms with Crippen molar-refractivity contribution in [3.63, 3.8) is 0 Å². The zero-order chi connectivity index (χ0) is 13.1. The fourth-order valence-corrected chi connectivity index (χ4v) is 1.84. The van der Waals surface area contributed by atoms with Gasteiger partial charge in [-0.25, -0.2) is 8.42 Å². The average Bonchev–Trinajstić information content (AvgIpc) is 2.25. The molecule has 0 radical (unpaired) electrons. The maximum Gasteiger partial charge on any atom is 0.236 e. The molecule has 1 amide bonds. The molecule has 18 heavy (non-hydrogen) atoms. The second-order valence-electron chi connectivity index (χ2n) is 3.92. The van der Waals surface area contributed by atoms with Gasteiger partial charge < -0.3 is 11.1 Å². The van der Waals surface area contributed by atoms with Crippen molar-refractivity contribution < 1.29 is 13.2 Å². The number of benzene rings is 1. The highest BCUT2D eigenvalue weighted by Gasteiger charge is 2.08. The van der Waals surface area contributed by atoms with Crippen molar-refractivity contribution in [1.29, 1.82) is 0 Å². The molecule has 0 aromatic heterocycles. The van der Waals surface area contributed by atoms with Gasteiger partial charge in [-0.3, -0.25) is 4.79 Å². The molecule has 0 saturated heterocycles. The summed E-state index contributed by atoms with van der Waals surface area (Å²) in [7, 11) is -3.17. The molecule has 0 spiro atoms. The van der Waals surface area contributed by atoms with E-state index in [1.54, 1.807) is 19.1 Å². The van der Waals surface area contributed by atoms with Crippen LogP contribution in [0.1, 0.15) is 12.5 Å². The van der Waals surface area contributed by atoms with Crippen molar-refractivity contribution in [3.8, 4) is 0 Å². The first-order valence-electron chi connectivity index (χ1n) is 5.13. The first-order chi connectivity index (χ1) is 7.80. The number of sulfone groups is 1. The molecular formula is C11H17ClN2O3S. The maximum atomic E-state index is 11.2. The number of nitrogens with one attached hydrogen (secondary N) is 1. The second-order valence-corrected chi connectivity index (χ2v) is 5.94. The van der Waals surface area contributed by atoms with E-state index in [9.17, 15) is 13.2 Å². The molecule has 1 rings (SSSR count). The van der Waals surface area contributed by atoms with Crippen molar-refractivity contribution in [2.24, 2.45) is 5.73 Å². The third-order valence-corrected chi connectivity index (χ3v) is 3.36. The number of rotatable bonds is 4. The predicted molar refractivity (Wildman–Crippen MR) is 72.3 cm³/mol. The molecule has 102 valence electrons. The lowest BCUT2D eigenvalue weighted by Crippen LogP contribution is -2.37. The summed E-state index contributed by atoms with van der Waals surface area (Å²) in [6.07, 6.45) is 1.15. The zero-order valence-corrected chi connectivity index (χ0v) is 11.8. The molecule has 1 unspecified atom stereocenters. The van der Waals surface area contributed by atoms with Gasteiger partial charge >= 0.3 is 0 Å². The summed E-state index contributed by atoms with van der Waals surface area (Å²) in [5.74, 6) is -0.239. The average molecular weight is 293 g/mol. The number of nitrogens with two attached hydrogens (primary N) is 1. The number of hydrogen-bond acceptors (Lipinski definition) is 4. The number of halogens is 1. The summed E-state index contributed by atoms with van der Waals surface area (Å²) in [6.45, 7) is 1.94. The van der Waals surface area contributed by atoms with Crippen LogP contribution < -0.4 is 11.1 Å². The van der Waals surface area contributed by atoms with Crippen LogP contribution in [0.5, 0.6) is 0 Å². The third kappa shape index (κ3) is 5.03. The molecule has 0 fully saturated rings. The Morgan fingerprint density at radius 2 is 1.83 bits per heavy atom. The van der Waals surface area contributed by atoms with Gasteiger partial charge in [0.1, 0.15) is 0 Å². The Bertz CT molecular complexity index is 498. The standard InChI is InChI=1S/C11H16N2O3S.ClH/c1-8(12)11(14)13-7-9-3-5-10(6-4-9)17(2,15)16;/h3-6,8H,7,12H2,1-2H3,(H,13,14);1H. The van der Waals surface area contributed by atoms with E-state index >= 15 is 0 Å². The summed E-state index contributed by atoms with van der Waals surface area (Å²) >= 11 is 0. The summed E-state index contributed by atoms with van der Waals surface area (Å²) < 4.78 is 22.4. The predicted octanol–water partition coefficient (Wildman–Crippen LogP) is 0.475. The third-order valence-electron chi connectivity index (χ3n) is 2.23. The van der Waals surface area contributed by atoms with E-state index in [0.29, 0.717) is 6.54 Å². The molecule has 7 heteroatoms. The van der Waals surface area contributed by atoms with Gasteiger partial charge in [-0.1, -0.05) is 12.1 Å². The van der Waals surface area contributed by atoms with Gasteiger partial charge in [-0.15, -0.1) is 12.4 Å². The topological polar surface area (TPSA) is 89.3 Å². The monoisotopic (exact) mass is 292 g/mol. The fraction of sp³-hybridized carbons (Fsp3) is 0.364. The Morgan fingerprint density at radius 3 is 2.22 bits per heavy atom. The van der Waals surface area contributed by atoms with E-state index in [4.69, 9.17) is 5.73 Å². The molecule has 5 nitrogen and oxygen atoms in total. The highest BCUT2D eigenvalue weighted by molar-refractivity contribution is 7.90. The molecule has 0 aliphatic heterocycles. The van der Waals surface area contributed by atoms with Crippen LogP contribution in [-0.4, -0.2) is 26.6 Å². The molecule has 0 bridgehead atoms. The number of carbonyl (C=O) groups excluding carboxylic acids is 1. The van der Waals surface area contributed by atoms with E-state index in [1.165, 1.54) is 12.1 Å². The Kier molecular flexibility index (Phi) is 6.31. The largest absolute Gasteiger partial charge is 0.351 e. The quantitative estimate of drug-likeness (QED) is 0.844. The molecule has 1 aromatic carbocycles. The second kappa shape index (κ2) is 6.72. The lowest BCUT2D eigenvalue weighted by Gasteiger charge is -2.08. The molecule has 0 saturated carbocycles. The van der Waals surface area contributed by atoms with Gasteiger partial charge in [-0.2, -0.15) is 0 Å². The van der Waals surface area contributed by atoms with Crippen LogP contribution in [0, 0.1) is 0 Å². The van der Waals surface area contributed by atoms with Crippen molar-refractivity contribution in [1.82, 2.24) is 5.32 Å². The Hall–Kier alpha value is -1.11. The minimum absolute atomic E-state index is 0. The fourth-order valence-electron chi connectivity index (χ4n) is 1.20. The van der Waals surface area contributed by atoms with Gasteiger partial charge in [0.05, 0.1) is 10.9 Å². The van der Waals surface area contributed by atoms with Crippen LogP contribution in [0.15, 0.2) is 29.2 Å². The molecule has 1 atom stereocenters. The van der Waals surface area contributed by atoms with Crippen LogP contribution in [0.25, 0.3) is 0 Å². The van der Waals surface area contributed by atoms with Gasteiger partial charge in [0.25, 0.3) is 0 Å². The van der Waals surface area contributed by atoms with Crippen LogP contribution in [0.4, 0.5) is 0 Å². The molecule has 3 N–H and O–H groups in total. The normalized spacial score (nSPS) is 12.4. The van der Waals surface area contributed by atoms with Gasteiger partial charge in [-0.05, 0) is 24.6 Å². The summed E-state index contributed by atoms with van der Waals surface area (Å²) in [6, 6.07) is 5.81. The lowest BCUT2D eigenvalue weighted by molar-refractivity contribution is -0.122. The lowest BCUT2D eigenvalue weighted by atomic mass is 10.2. The van der Waals surface area contributed by atoms with Gasteiger partial charge in [0.15, 0.2) is 9.84 Å². The highest BCUT2D eigenvalue weighted by Crippen LogP contribution is 2.10. The maximum absolute atomic E-state index is 11.2. The highest BCUT2D eigenvalue weighted by atomic mass is 35.5. The van der Waals surface area contributed by atoms with E-state index < -0.39 is 15.9 Å². The van der Waals surface area contributed by atoms with Crippen LogP contribution in [0.3, 0.4) is 0 Å². The van der Waals surface area contributed by atoms with Crippen molar-refractivity contribution in [2.45, 2.75) is 24.4 Å². The van der Waals surface area contributed by atoms with Crippen LogP contribution >= 0.6 is 12.4 Å². The van der Waals surface area contributed by atoms with E-state index in [-0.39, 0.29) is 23.2 Å². The zero-order valence-electron chi connectivity index (χ0n) is 10.2. The SMILES string of the molecule is CC(N)C(=O)NCc1ccc(S(C)(=O)=O)cc1.Cl. The summed E-state index contributed by atoms with van der Waals surface area (Å²) in [4.78, 5) is 11.5. The van der Waals surface area contributed by atoms with Crippen molar-refractivity contribution >= 4 is 28.2 Å². The smallest absolute Gasteiger partial charge is 0.236 e. The van der Waals surface area contributed by atoms with Crippen molar-refractivity contribution in [2.75, 3.05) is 6.26 Å². The summed E-state index contributed by atoms with van der Waals surface area (Å²) in [5.41, 5.74) is 6.22. The number of carbonyl (C=O) groups is 1. The molecular weight excluding hydrogens is 276 g/mol. The van der Waals surface area contributed by atoms with Gasteiger partial charge in [0, 0.05) is 12.8 Å². The van der Waals surface area contributed by atoms with Gasteiger partial charge in [0.2, 0.25) is 5.91 Å². The molecule has 1 aromatic rings. The minimum atomic E-state index is -3.17. The Balaban J connectivity index is 0.00000289. The number of hydrogen-bond donors (Lipinski definition) is 2. The Labute approximate surface area is 113 Å². The Morgan fingerprint density at radius 1 is 1.33 bits per heavy atom. The molecule has 0 heterocycles. The van der Waals surface area contributed by atoms with Crippen LogP contribution in [-0.2, 0) is 21.2 Å². The first kappa shape index (κ1) is 16.9. The van der Waals surface area contributed by atoms with E-state index in [2.05, 4.69) is 5.32 Å². The van der Waals surface area contributed by atoms with E-state index in [0.717, 1.165) is 11.8 Å². The first-order valence-corrected chi connectivity index (χ1v) is 7.02. The van der Waals surface area contributed by atoms with Crippen molar-refractivity contribution in [3.05, 3.63) is 29.8 Å². The number of amides is 1. The molecule has 0 aliphatic carbocycles. The summed E-state index contributed by atoms with van der Waals surface area (Å²) in [5, 5.41) is 2.64. The van der Waals surface area contributed by atoms with E-state index in [1.807, 2.05) is 0 Å². The minimum Gasteiger partial charge on any atom is -0.351 e.